The van der Waals surface area contributed by atoms with Crippen LogP contribution < -0.4 is 15.4 Å². The van der Waals surface area contributed by atoms with E-state index in [2.05, 4.69) is 22.5 Å². The molecule has 29 heavy (non-hydrogen) atoms. The van der Waals surface area contributed by atoms with Gasteiger partial charge in [-0.05, 0) is 38.4 Å². The minimum atomic E-state index is 0. The standard InChI is InChI=1S/C21H36N4O3.HI/c1-3-22-21(23-10-4-5-11-25-12-16-27-17-13-25)24-19-8-6-9-20(18-19)28-15-7-14-26-2;/h6,8-9,18H,3-5,7,10-17H2,1-2H3,(H2,22,23,24);1H. The third kappa shape index (κ3) is 11.6. The lowest BCUT2D eigenvalue weighted by Gasteiger charge is -2.26. The number of anilines is 1. The molecule has 0 bridgehead atoms. The van der Waals surface area contributed by atoms with E-state index in [1.807, 2.05) is 24.3 Å². The molecule has 8 heteroatoms. The molecule has 1 aliphatic heterocycles. The number of ether oxygens (including phenoxy) is 3. The third-order valence-corrected chi connectivity index (χ3v) is 4.46. The fourth-order valence-electron chi connectivity index (χ4n) is 2.96. The molecule has 1 aliphatic rings. The molecular formula is C21H37IN4O3. The lowest BCUT2D eigenvalue weighted by atomic mass is 10.3. The molecule has 0 saturated carbocycles. The molecule has 7 nitrogen and oxygen atoms in total. The first-order chi connectivity index (χ1) is 13.8. The Morgan fingerprint density at radius 3 is 2.76 bits per heavy atom. The van der Waals surface area contributed by atoms with Crippen molar-refractivity contribution in [1.29, 1.82) is 0 Å². The molecule has 0 aliphatic carbocycles. The zero-order chi connectivity index (χ0) is 19.9. The monoisotopic (exact) mass is 520 g/mol. The summed E-state index contributed by atoms with van der Waals surface area (Å²) in [5.74, 6) is 1.66. The Labute approximate surface area is 192 Å². The first kappa shape index (κ1) is 25.9. The number of nitrogens with one attached hydrogen (secondary N) is 2. The van der Waals surface area contributed by atoms with Gasteiger partial charge < -0.3 is 24.8 Å². The van der Waals surface area contributed by atoms with Crippen molar-refractivity contribution >= 4 is 35.6 Å². The van der Waals surface area contributed by atoms with Gasteiger partial charge in [0, 0.05) is 58.1 Å². The van der Waals surface area contributed by atoms with Crippen LogP contribution in [0.25, 0.3) is 0 Å². The fraction of sp³-hybridized carbons (Fsp3) is 0.667. The predicted molar refractivity (Wildman–Crippen MR) is 130 cm³/mol. The summed E-state index contributed by atoms with van der Waals surface area (Å²) in [4.78, 5) is 7.17. The molecule has 0 atom stereocenters. The van der Waals surface area contributed by atoms with Crippen molar-refractivity contribution in [2.75, 3.05) is 71.6 Å². The number of methoxy groups -OCH3 is 1. The number of hydrogen-bond donors (Lipinski definition) is 2. The van der Waals surface area contributed by atoms with Crippen molar-refractivity contribution in [2.45, 2.75) is 26.2 Å². The highest BCUT2D eigenvalue weighted by atomic mass is 127. The van der Waals surface area contributed by atoms with Gasteiger partial charge in [-0.2, -0.15) is 0 Å². The molecule has 166 valence electrons. The molecule has 2 N–H and O–H groups in total. The van der Waals surface area contributed by atoms with E-state index in [0.717, 1.165) is 82.6 Å². The Kier molecular flexibility index (Phi) is 14.9. The molecule has 0 aromatic heterocycles. The molecule has 1 aromatic carbocycles. The van der Waals surface area contributed by atoms with Gasteiger partial charge >= 0.3 is 0 Å². The lowest BCUT2D eigenvalue weighted by molar-refractivity contribution is 0.0373. The van der Waals surface area contributed by atoms with Crippen LogP contribution in [0.2, 0.25) is 0 Å². The molecule has 2 rings (SSSR count). The molecule has 1 saturated heterocycles. The second kappa shape index (κ2) is 16.7. The minimum absolute atomic E-state index is 0. The Hall–Kier alpha value is -1.10. The van der Waals surface area contributed by atoms with E-state index in [0.29, 0.717) is 13.2 Å². The van der Waals surface area contributed by atoms with Gasteiger partial charge in [0.1, 0.15) is 5.75 Å². The van der Waals surface area contributed by atoms with Crippen molar-refractivity contribution in [1.82, 2.24) is 10.2 Å². The summed E-state index contributed by atoms with van der Waals surface area (Å²) in [5.41, 5.74) is 0.970. The van der Waals surface area contributed by atoms with Crippen LogP contribution >= 0.6 is 24.0 Å². The number of unbranched alkanes of at least 4 members (excludes halogenated alkanes) is 1. The summed E-state index contributed by atoms with van der Waals surface area (Å²) >= 11 is 0. The van der Waals surface area contributed by atoms with Gasteiger partial charge in [0.25, 0.3) is 0 Å². The third-order valence-electron chi connectivity index (χ3n) is 4.46. The molecule has 0 unspecified atom stereocenters. The Morgan fingerprint density at radius 2 is 2.00 bits per heavy atom. The van der Waals surface area contributed by atoms with Gasteiger partial charge in [0.15, 0.2) is 5.96 Å². The van der Waals surface area contributed by atoms with Crippen LogP contribution in [0.5, 0.6) is 5.75 Å². The first-order valence-electron chi connectivity index (χ1n) is 10.4. The lowest BCUT2D eigenvalue weighted by Crippen LogP contribution is -2.36. The van der Waals surface area contributed by atoms with Crippen molar-refractivity contribution in [2.24, 2.45) is 4.99 Å². The average molecular weight is 520 g/mol. The van der Waals surface area contributed by atoms with Crippen LogP contribution in [0.1, 0.15) is 26.2 Å². The summed E-state index contributed by atoms with van der Waals surface area (Å²) in [6.07, 6.45) is 3.12. The quantitative estimate of drug-likeness (QED) is 0.191. The normalized spacial score (nSPS) is 14.9. The number of rotatable bonds is 12. The molecular weight excluding hydrogens is 483 g/mol. The number of aliphatic imine (C=N–C) groups is 1. The van der Waals surface area contributed by atoms with E-state index in [1.54, 1.807) is 7.11 Å². The van der Waals surface area contributed by atoms with E-state index in [-0.39, 0.29) is 24.0 Å². The van der Waals surface area contributed by atoms with E-state index in [9.17, 15) is 0 Å². The van der Waals surface area contributed by atoms with Crippen LogP contribution in [-0.2, 0) is 9.47 Å². The average Bonchev–Trinajstić information content (AvgIpc) is 2.72. The van der Waals surface area contributed by atoms with Gasteiger partial charge in [-0.1, -0.05) is 6.07 Å². The largest absolute Gasteiger partial charge is 0.493 e. The van der Waals surface area contributed by atoms with E-state index >= 15 is 0 Å². The molecule has 0 amide bonds. The van der Waals surface area contributed by atoms with Gasteiger partial charge in [-0.3, -0.25) is 9.89 Å². The number of benzene rings is 1. The maximum atomic E-state index is 5.77. The van der Waals surface area contributed by atoms with Crippen LogP contribution in [0, 0.1) is 0 Å². The highest BCUT2D eigenvalue weighted by Crippen LogP contribution is 2.17. The van der Waals surface area contributed by atoms with Gasteiger partial charge in [-0.25, -0.2) is 0 Å². The highest BCUT2D eigenvalue weighted by molar-refractivity contribution is 14.0. The summed E-state index contributed by atoms with van der Waals surface area (Å²) in [6.45, 7) is 10.0. The van der Waals surface area contributed by atoms with Gasteiger partial charge in [0.2, 0.25) is 0 Å². The predicted octanol–water partition coefficient (Wildman–Crippen LogP) is 3.21. The molecule has 1 fully saturated rings. The maximum Gasteiger partial charge on any atom is 0.195 e. The van der Waals surface area contributed by atoms with Crippen LogP contribution in [-0.4, -0.2) is 77.1 Å². The van der Waals surface area contributed by atoms with E-state index < -0.39 is 0 Å². The Morgan fingerprint density at radius 1 is 1.17 bits per heavy atom. The van der Waals surface area contributed by atoms with Crippen LogP contribution in [0.3, 0.4) is 0 Å². The second-order valence-corrected chi connectivity index (χ2v) is 6.77. The smallest absolute Gasteiger partial charge is 0.195 e. The maximum absolute atomic E-state index is 5.77. The number of morpholine rings is 1. The highest BCUT2D eigenvalue weighted by Gasteiger charge is 2.09. The van der Waals surface area contributed by atoms with Crippen molar-refractivity contribution < 1.29 is 14.2 Å². The van der Waals surface area contributed by atoms with E-state index in [4.69, 9.17) is 19.2 Å². The molecule has 1 heterocycles. The molecule has 1 aromatic rings. The topological polar surface area (TPSA) is 67.4 Å². The first-order valence-corrected chi connectivity index (χ1v) is 10.4. The van der Waals surface area contributed by atoms with Crippen molar-refractivity contribution in [3.8, 4) is 5.75 Å². The molecule has 0 radical (unpaired) electrons. The number of halogens is 1. The minimum Gasteiger partial charge on any atom is -0.493 e. The number of guanidine groups is 1. The summed E-state index contributed by atoms with van der Waals surface area (Å²) in [5, 5.41) is 6.67. The van der Waals surface area contributed by atoms with Crippen LogP contribution in [0.4, 0.5) is 5.69 Å². The summed E-state index contributed by atoms with van der Waals surface area (Å²) in [7, 11) is 1.70. The Balaban J connectivity index is 0.00000420. The summed E-state index contributed by atoms with van der Waals surface area (Å²) in [6, 6.07) is 7.97. The van der Waals surface area contributed by atoms with Gasteiger partial charge in [-0.15, -0.1) is 24.0 Å². The second-order valence-electron chi connectivity index (χ2n) is 6.77. The zero-order valence-electron chi connectivity index (χ0n) is 17.8. The SMILES string of the molecule is CCNC(=NCCCCN1CCOCC1)Nc1cccc(OCCCOC)c1.I. The summed E-state index contributed by atoms with van der Waals surface area (Å²) < 4.78 is 16.2. The zero-order valence-corrected chi connectivity index (χ0v) is 20.2. The number of nitrogens with zero attached hydrogens (tertiary/aromatic N) is 2. The Bertz CT molecular complexity index is 569. The van der Waals surface area contributed by atoms with E-state index in [1.165, 1.54) is 0 Å². The fourth-order valence-corrected chi connectivity index (χ4v) is 2.96. The van der Waals surface area contributed by atoms with Gasteiger partial charge in [0.05, 0.1) is 19.8 Å². The van der Waals surface area contributed by atoms with Crippen molar-refractivity contribution in [3.05, 3.63) is 24.3 Å². The number of hydrogen-bond acceptors (Lipinski definition) is 5. The van der Waals surface area contributed by atoms with Crippen LogP contribution in [0.15, 0.2) is 29.3 Å². The molecule has 0 spiro atoms. The van der Waals surface area contributed by atoms with Crippen molar-refractivity contribution in [3.63, 3.8) is 0 Å².